The highest BCUT2D eigenvalue weighted by molar-refractivity contribution is 6.03. The van der Waals surface area contributed by atoms with Crippen LogP contribution in [0.1, 0.15) is 55.5 Å². The van der Waals surface area contributed by atoms with Gasteiger partial charge in [-0.3, -0.25) is 9.59 Å². The molecular weight excluding hydrogens is 296 g/mol. The van der Waals surface area contributed by atoms with E-state index in [2.05, 4.69) is 0 Å². The van der Waals surface area contributed by atoms with E-state index in [-0.39, 0.29) is 18.2 Å². The average molecular weight is 320 g/mol. The highest BCUT2D eigenvalue weighted by Crippen LogP contribution is 2.41. The number of rotatable bonds is 6. The van der Waals surface area contributed by atoms with Crippen molar-refractivity contribution in [2.75, 3.05) is 13.7 Å². The van der Waals surface area contributed by atoms with Gasteiger partial charge in [-0.1, -0.05) is 0 Å². The van der Waals surface area contributed by atoms with E-state index >= 15 is 0 Å². The summed E-state index contributed by atoms with van der Waals surface area (Å²) in [7, 11) is 1.55. The van der Waals surface area contributed by atoms with Gasteiger partial charge in [0.15, 0.2) is 5.78 Å². The lowest BCUT2D eigenvalue weighted by atomic mass is 9.86. The first kappa shape index (κ1) is 17.3. The number of carbonyl (C=O) groups excluding carboxylic acids is 2. The molecule has 0 aromatic heterocycles. The van der Waals surface area contributed by atoms with Gasteiger partial charge in [-0.25, -0.2) is 0 Å². The van der Waals surface area contributed by atoms with E-state index in [1.54, 1.807) is 14.0 Å². The maximum Gasteiger partial charge on any atom is 0.305 e. The second-order valence-corrected chi connectivity index (χ2v) is 6.15. The summed E-state index contributed by atoms with van der Waals surface area (Å²) in [6.07, 6.45) is 1.86. The van der Waals surface area contributed by atoms with Crippen molar-refractivity contribution in [2.24, 2.45) is 0 Å². The lowest BCUT2D eigenvalue weighted by Gasteiger charge is -2.35. The van der Waals surface area contributed by atoms with Crippen LogP contribution in [0, 0.1) is 6.92 Å². The van der Waals surface area contributed by atoms with Crippen molar-refractivity contribution < 1.29 is 23.8 Å². The molecule has 23 heavy (non-hydrogen) atoms. The van der Waals surface area contributed by atoms with Gasteiger partial charge in [0.2, 0.25) is 0 Å². The monoisotopic (exact) mass is 320 g/mol. The van der Waals surface area contributed by atoms with Gasteiger partial charge in [0.25, 0.3) is 0 Å². The molecule has 1 aromatic rings. The number of methoxy groups -OCH3 is 1. The zero-order valence-corrected chi connectivity index (χ0v) is 14.2. The van der Waals surface area contributed by atoms with Crippen LogP contribution in [0.3, 0.4) is 0 Å². The van der Waals surface area contributed by atoms with Crippen LogP contribution in [0.5, 0.6) is 11.5 Å². The quantitative estimate of drug-likeness (QED) is 0.751. The van der Waals surface area contributed by atoms with Gasteiger partial charge in [-0.15, -0.1) is 0 Å². The minimum absolute atomic E-state index is 0.0155. The Bertz CT molecular complexity index is 608. The van der Waals surface area contributed by atoms with E-state index in [0.29, 0.717) is 42.9 Å². The van der Waals surface area contributed by atoms with Gasteiger partial charge in [0, 0.05) is 6.42 Å². The SMILES string of the molecule is CCOC(=O)CCC[C@]1(C)CC(=O)c2c(OC)cc(C)cc2O1. The van der Waals surface area contributed by atoms with Crippen LogP contribution in [0.15, 0.2) is 12.1 Å². The molecule has 0 saturated carbocycles. The number of ketones is 1. The minimum atomic E-state index is -0.602. The van der Waals surface area contributed by atoms with Crippen molar-refractivity contribution in [2.45, 2.75) is 52.1 Å². The third kappa shape index (κ3) is 4.03. The topological polar surface area (TPSA) is 61.8 Å². The molecule has 1 aliphatic rings. The number of Topliss-reactive ketones (excluding diaryl/α,β-unsaturated/α-hetero) is 1. The van der Waals surface area contributed by atoms with E-state index in [9.17, 15) is 9.59 Å². The minimum Gasteiger partial charge on any atom is -0.496 e. The number of hydrogen-bond acceptors (Lipinski definition) is 5. The predicted molar refractivity (Wildman–Crippen MR) is 86.2 cm³/mol. The molecule has 5 nitrogen and oxygen atoms in total. The fourth-order valence-electron chi connectivity index (χ4n) is 2.95. The Kier molecular flexibility index (Phi) is 5.29. The Morgan fingerprint density at radius 1 is 1.39 bits per heavy atom. The number of carbonyl (C=O) groups is 2. The first-order valence-corrected chi connectivity index (χ1v) is 7.95. The zero-order chi connectivity index (χ0) is 17.0. The number of ether oxygens (including phenoxy) is 3. The Balaban J connectivity index is 2.11. The highest BCUT2D eigenvalue weighted by Gasteiger charge is 2.38. The van der Waals surface area contributed by atoms with E-state index < -0.39 is 5.60 Å². The molecule has 5 heteroatoms. The van der Waals surface area contributed by atoms with E-state index in [1.165, 1.54) is 0 Å². The molecule has 2 rings (SSSR count). The molecule has 1 atom stereocenters. The fraction of sp³-hybridized carbons (Fsp3) is 0.556. The summed E-state index contributed by atoms with van der Waals surface area (Å²) >= 11 is 0. The van der Waals surface area contributed by atoms with Crippen molar-refractivity contribution in [1.29, 1.82) is 0 Å². The summed E-state index contributed by atoms with van der Waals surface area (Å²) in [5, 5.41) is 0. The van der Waals surface area contributed by atoms with Gasteiger partial charge < -0.3 is 14.2 Å². The van der Waals surface area contributed by atoms with Crippen molar-refractivity contribution in [3.8, 4) is 11.5 Å². The van der Waals surface area contributed by atoms with Crippen LogP contribution < -0.4 is 9.47 Å². The molecule has 0 amide bonds. The van der Waals surface area contributed by atoms with Crippen LogP contribution in [-0.4, -0.2) is 31.1 Å². The lowest BCUT2D eigenvalue weighted by molar-refractivity contribution is -0.143. The van der Waals surface area contributed by atoms with Gasteiger partial charge in [0.05, 0.1) is 20.1 Å². The number of hydrogen-bond donors (Lipinski definition) is 0. The maximum atomic E-state index is 12.5. The summed E-state index contributed by atoms with van der Waals surface area (Å²) in [6, 6.07) is 3.70. The Morgan fingerprint density at radius 3 is 2.78 bits per heavy atom. The van der Waals surface area contributed by atoms with Crippen molar-refractivity contribution >= 4 is 11.8 Å². The molecule has 1 heterocycles. The molecule has 0 aliphatic carbocycles. The Hall–Kier alpha value is -2.04. The molecule has 0 radical (unpaired) electrons. The normalized spacial score (nSPS) is 19.7. The first-order chi connectivity index (χ1) is 10.9. The lowest BCUT2D eigenvalue weighted by Crippen LogP contribution is -2.39. The molecule has 0 N–H and O–H groups in total. The molecule has 0 spiro atoms. The maximum absolute atomic E-state index is 12.5. The first-order valence-electron chi connectivity index (χ1n) is 7.95. The summed E-state index contributed by atoms with van der Waals surface area (Å²) in [5.41, 5.74) is 0.889. The molecule has 1 aliphatic heterocycles. The van der Waals surface area contributed by atoms with Crippen molar-refractivity contribution in [3.63, 3.8) is 0 Å². The molecular formula is C18H24O5. The van der Waals surface area contributed by atoms with Crippen molar-refractivity contribution in [3.05, 3.63) is 23.3 Å². The third-order valence-corrected chi connectivity index (χ3v) is 3.99. The van der Waals surface area contributed by atoms with Gasteiger partial charge in [-0.05, 0) is 51.3 Å². The zero-order valence-electron chi connectivity index (χ0n) is 14.2. The average Bonchev–Trinajstić information content (AvgIpc) is 2.45. The van der Waals surface area contributed by atoms with Gasteiger partial charge in [0.1, 0.15) is 22.7 Å². The Labute approximate surface area is 136 Å². The molecule has 1 aromatic carbocycles. The third-order valence-electron chi connectivity index (χ3n) is 3.99. The summed E-state index contributed by atoms with van der Waals surface area (Å²) < 4.78 is 16.3. The van der Waals surface area contributed by atoms with Gasteiger partial charge in [-0.2, -0.15) is 0 Å². The second-order valence-electron chi connectivity index (χ2n) is 6.15. The largest absolute Gasteiger partial charge is 0.496 e. The van der Waals surface area contributed by atoms with Crippen molar-refractivity contribution in [1.82, 2.24) is 0 Å². The van der Waals surface area contributed by atoms with Gasteiger partial charge >= 0.3 is 5.97 Å². The van der Waals surface area contributed by atoms with E-state index in [0.717, 1.165) is 5.56 Å². The van der Waals surface area contributed by atoms with Crippen LogP contribution in [0.2, 0.25) is 0 Å². The van der Waals surface area contributed by atoms with Crippen LogP contribution in [0.4, 0.5) is 0 Å². The van der Waals surface area contributed by atoms with E-state index in [4.69, 9.17) is 14.2 Å². The van der Waals surface area contributed by atoms with Crippen LogP contribution >= 0.6 is 0 Å². The highest BCUT2D eigenvalue weighted by atomic mass is 16.5. The van der Waals surface area contributed by atoms with Crippen LogP contribution in [0.25, 0.3) is 0 Å². The predicted octanol–water partition coefficient (Wildman–Crippen LogP) is 3.46. The smallest absolute Gasteiger partial charge is 0.305 e. The number of aryl methyl sites for hydroxylation is 1. The van der Waals surface area contributed by atoms with Crippen LogP contribution in [-0.2, 0) is 9.53 Å². The second kappa shape index (κ2) is 7.02. The molecule has 126 valence electrons. The molecule has 0 fully saturated rings. The fourth-order valence-corrected chi connectivity index (χ4v) is 2.95. The Morgan fingerprint density at radius 2 is 2.13 bits per heavy atom. The summed E-state index contributed by atoms with van der Waals surface area (Å²) in [6.45, 7) is 6.02. The summed E-state index contributed by atoms with van der Waals surface area (Å²) in [5.74, 6) is 0.924. The number of fused-ring (bicyclic) bond motifs is 1. The molecule has 0 bridgehead atoms. The molecule has 0 saturated heterocycles. The molecule has 0 unspecified atom stereocenters. The number of esters is 1. The van der Waals surface area contributed by atoms with E-state index in [1.807, 2.05) is 26.0 Å². The summed E-state index contributed by atoms with van der Waals surface area (Å²) in [4.78, 5) is 24.0. The standard InChI is InChI=1S/C18H24O5/c1-5-22-16(20)7-6-8-18(3)11-13(19)17-14(21-4)9-12(2)10-15(17)23-18/h9-10H,5-8,11H2,1-4H3/t18-/m1/s1. The number of benzene rings is 1.